The van der Waals surface area contributed by atoms with E-state index >= 15 is 0 Å². The van der Waals surface area contributed by atoms with Gasteiger partial charge in [-0.3, -0.25) is 0 Å². The van der Waals surface area contributed by atoms with Gasteiger partial charge in [-0.2, -0.15) is 0 Å². The molecule has 11 aromatic carbocycles. The lowest BCUT2D eigenvalue weighted by atomic mass is 9.60. The van der Waals surface area contributed by atoms with Crippen molar-refractivity contribution < 1.29 is 0 Å². The summed E-state index contributed by atoms with van der Waals surface area (Å²) in [6.45, 7) is 9.43. The molecular formula is C82H58N4. The zero-order valence-corrected chi connectivity index (χ0v) is 48.3. The number of hydrogen-bond donors (Lipinski definition) is 0. The lowest BCUT2D eigenvalue weighted by Gasteiger charge is -2.42. The minimum absolute atomic E-state index is 0.0415. The molecule has 0 radical (unpaired) electrons. The molecule has 2 heterocycles. The Kier molecular flexibility index (Phi) is 11.1. The third-order valence-corrected chi connectivity index (χ3v) is 19.3. The fourth-order valence-electron chi connectivity index (χ4n) is 15.3. The smallest absolute Gasteiger partial charge is 0.160 e. The van der Waals surface area contributed by atoms with Crippen molar-refractivity contribution >= 4 is 0 Å². The van der Waals surface area contributed by atoms with Gasteiger partial charge in [-0.05, 0) is 124 Å². The quantitative estimate of drug-likeness (QED) is 0.152. The highest BCUT2D eigenvalue weighted by atomic mass is 14.9. The summed E-state index contributed by atoms with van der Waals surface area (Å²) in [5.41, 5.74) is 33.4. The van der Waals surface area contributed by atoms with Crippen LogP contribution < -0.4 is 0 Å². The van der Waals surface area contributed by atoms with Crippen molar-refractivity contribution in [2.24, 2.45) is 0 Å². The zero-order valence-electron chi connectivity index (χ0n) is 48.3. The molecule has 0 amide bonds. The van der Waals surface area contributed by atoms with Gasteiger partial charge in [0.05, 0.1) is 22.8 Å². The molecule has 406 valence electrons. The van der Waals surface area contributed by atoms with Gasteiger partial charge >= 0.3 is 0 Å². The van der Waals surface area contributed by atoms with Crippen LogP contribution in [0.3, 0.4) is 0 Å². The predicted molar refractivity (Wildman–Crippen MR) is 351 cm³/mol. The Morgan fingerprint density at radius 3 is 0.965 bits per heavy atom. The van der Waals surface area contributed by atoms with Crippen molar-refractivity contribution in [2.75, 3.05) is 0 Å². The van der Waals surface area contributed by atoms with Gasteiger partial charge in [0.15, 0.2) is 11.6 Å². The monoisotopic (exact) mass is 1100 g/mol. The Morgan fingerprint density at radius 1 is 0.233 bits per heavy atom. The van der Waals surface area contributed by atoms with Gasteiger partial charge in [-0.15, -0.1) is 0 Å². The maximum Gasteiger partial charge on any atom is 0.160 e. The van der Waals surface area contributed by atoms with Crippen molar-refractivity contribution in [3.8, 4) is 112 Å². The van der Waals surface area contributed by atoms with E-state index in [4.69, 9.17) is 19.9 Å². The Balaban J connectivity index is 0.732. The topological polar surface area (TPSA) is 51.6 Å². The molecule has 2 unspecified atom stereocenters. The highest BCUT2D eigenvalue weighted by Crippen LogP contribution is 2.58. The van der Waals surface area contributed by atoms with Crippen LogP contribution in [0.1, 0.15) is 95.2 Å². The van der Waals surface area contributed by atoms with Gasteiger partial charge < -0.3 is 0 Å². The van der Waals surface area contributed by atoms with E-state index in [-0.39, 0.29) is 22.7 Å². The van der Waals surface area contributed by atoms with Crippen LogP contribution in [0.2, 0.25) is 0 Å². The molecule has 2 atom stereocenters. The molecule has 4 heteroatoms. The first-order valence-electron chi connectivity index (χ1n) is 30.1. The second kappa shape index (κ2) is 19.1. The average molecular weight is 1100 g/mol. The summed E-state index contributed by atoms with van der Waals surface area (Å²) >= 11 is 0. The number of hydrogen-bond acceptors (Lipinski definition) is 4. The fraction of sp³-hybridized carbons (Fsp3) is 0.0976. The van der Waals surface area contributed by atoms with E-state index in [1.54, 1.807) is 0 Å². The molecule has 5 aliphatic rings. The first-order valence-corrected chi connectivity index (χ1v) is 30.1. The van der Waals surface area contributed by atoms with E-state index in [1.165, 1.54) is 100 Å². The Morgan fingerprint density at radius 2 is 0.547 bits per heavy atom. The molecule has 13 aromatic rings. The largest absolute Gasteiger partial charge is 0.228 e. The number of benzene rings is 11. The van der Waals surface area contributed by atoms with Crippen molar-refractivity contribution in [3.05, 3.63) is 323 Å². The summed E-state index contributed by atoms with van der Waals surface area (Å²) in [6.07, 6.45) is 0. The SMILES string of the molecule is CC1(C)c2ccccc2-c2cccc(-c3ccc(-c4cc(-c5ccc6c(c5)C5c7ccccc7C6c6cc(-c7cc(-c8ccc(-c9cccc%10c9C(C)(C)c9ccccc9-%10)cc8)nc(-c8ccccc8)n7)ccc65)nc(-c5ccccc5)n4)cc3)c21. The molecule has 0 saturated heterocycles. The number of nitrogens with zero attached hydrogens (tertiary/aromatic N) is 4. The molecular weight excluding hydrogens is 1040 g/mol. The Hall–Kier alpha value is -10.4. The van der Waals surface area contributed by atoms with Crippen LogP contribution in [0.5, 0.6) is 0 Å². The predicted octanol–water partition coefficient (Wildman–Crippen LogP) is 20.2. The number of aromatic nitrogens is 4. The van der Waals surface area contributed by atoms with E-state index in [2.05, 4.69) is 282 Å². The first kappa shape index (κ1) is 50.1. The summed E-state index contributed by atoms with van der Waals surface area (Å²) in [6, 6.07) is 97.6. The summed E-state index contributed by atoms with van der Waals surface area (Å²) < 4.78 is 0. The summed E-state index contributed by atoms with van der Waals surface area (Å²) in [5.74, 6) is 1.49. The van der Waals surface area contributed by atoms with Crippen molar-refractivity contribution in [2.45, 2.75) is 50.4 Å². The van der Waals surface area contributed by atoms with E-state index in [0.29, 0.717) is 11.6 Å². The lowest BCUT2D eigenvalue weighted by molar-refractivity contribution is 0.662. The lowest BCUT2D eigenvalue weighted by Crippen LogP contribution is -2.27. The normalized spacial score (nSPS) is 15.6. The van der Waals surface area contributed by atoms with Gasteiger partial charge in [-0.1, -0.05) is 270 Å². The average Bonchev–Trinajstić information content (AvgIpc) is 0.903. The molecule has 0 spiro atoms. The molecule has 5 aliphatic carbocycles. The van der Waals surface area contributed by atoms with E-state index in [1.807, 2.05) is 12.1 Å². The van der Waals surface area contributed by atoms with Crippen molar-refractivity contribution in [1.82, 2.24) is 19.9 Å². The van der Waals surface area contributed by atoms with Gasteiger partial charge in [-0.25, -0.2) is 19.9 Å². The highest BCUT2D eigenvalue weighted by Gasteiger charge is 2.42. The van der Waals surface area contributed by atoms with Crippen LogP contribution in [-0.4, -0.2) is 19.9 Å². The Bertz CT molecular complexity index is 4610. The van der Waals surface area contributed by atoms with Crippen molar-refractivity contribution in [3.63, 3.8) is 0 Å². The van der Waals surface area contributed by atoms with Crippen LogP contribution >= 0.6 is 0 Å². The minimum atomic E-state index is -0.114. The van der Waals surface area contributed by atoms with Gasteiger partial charge in [0.2, 0.25) is 0 Å². The third kappa shape index (κ3) is 7.69. The van der Waals surface area contributed by atoms with Gasteiger partial charge in [0.1, 0.15) is 0 Å². The highest BCUT2D eigenvalue weighted by molar-refractivity contribution is 5.91. The van der Waals surface area contributed by atoms with Crippen LogP contribution in [0.25, 0.3) is 112 Å². The van der Waals surface area contributed by atoms with Gasteiger partial charge in [0.25, 0.3) is 0 Å². The van der Waals surface area contributed by atoms with Crippen LogP contribution in [-0.2, 0) is 10.8 Å². The minimum Gasteiger partial charge on any atom is -0.228 e. The molecule has 18 rings (SSSR count). The van der Waals surface area contributed by atoms with Crippen LogP contribution in [0, 0.1) is 0 Å². The van der Waals surface area contributed by atoms with E-state index in [9.17, 15) is 0 Å². The van der Waals surface area contributed by atoms with Crippen LogP contribution in [0.15, 0.2) is 267 Å². The maximum atomic E-state index is 5.36. The fourth-order valence-corrected chi connectivity index (χ4v) is 15.3. The number of fused-ring (bicyclic) bond motifs is 6. The molecule has 0 N–H and O–H groups in total. The zero-order chi connectivity index (χ0) is 57.4. The molecule has 86 heavy (non-hydrogen) atoms. The first-order chi connectivity index (χ1) is 42.1. The molecule has 2 aromatic heterocycles. The third-order valence-electron chi connectivity index (χ3n) is 19.3. The second-order valence-corrected chi connectivity index (χ2v) is 24.8. The maximum absolute atomic E-state index is 5.36. The van der Waals surface area contributed by atoms with E-state index < -0.39 is 0 Å². The van der Waals surface area contributed by atoms with E-state index in [0.717, 1.165) is 56.2 Å². The van der Waals surface area contributed by atoms with Crippen LogP contribution in [0.4, 0.5) is 0 Å². The standard InChI is InChI=1S/C82H58N4/c1-81(2)69-31-15-13-23-59(69)65-29-17-27-57(77(65)81)49-33-37-51(38-34-49)71-47-73(85-79(83-71)53-19-7-5-8-20-53)55-41-43-63-67(45-55)75-61-25-11-12-26-62(61)76(63)68-46-56(42-44-64(68)75)74-48-72(84-80(86-74)54-21-9-6-10-22-54)52-39-35-50(36-40-52)58-28-18-30-66-60-24-14-16-32-70(60)82(3,4)78(58)66/h5-48,75-76H,1-4H3. The summed E-state index contributed by atoms with van der Waals surface area (Å²) in [7, 11) is 0. The van der Waals surface area contributed by atoms with Crippen molar-refractivity contribution in [1.29, 1.82) is 0 Å². The summed E-state index contributed by atoms with van der Waals surface area (Å²) in [5, 5.41) is 0. The molecule has 0 saturated carbocycles. The Labute approximate surface area is 502 Å². The molecule has 4 nitrogen and oxygen atoms in total. The second-order valence-electron chi connectivity index (χ2n) is 24.8. The number of rotatable bonds is 8. The van der Waals surface area contributed by atoms with Gasteiger partial charge in [0, 0.05) is 56.0 Å². The molecule has 0 fully saturated rings. The summed E-state index contributed by atoms with van der Waals surface area (Å²) in [4.78, 5) is 21.3. The molecule has 2 bridgehead atoms. The molecule has 0 aliphatic heterocycles.